The number of hydrogen-bond acceptors (Lipinski definition) is 1. The minimum atomic E-state index is -4.36. The molecule has 20 heavy (non-hydrogen) atoms. The molecule has 5 heteroatoms. The van der Waals surface area contributed by atoms with Crippen molar-refractivity contribution in [3.8, 4) is 0 Å². The maximum Gasteiger partial charge on any atom is 0.416 e. The van der Waals surface area contributed by atoms with E-state index in [2.05, 4.69) is 0 Å². The molecular formula is C15H19ClF3N. The Hall–Kier alpha value is -0.900. The molecule has 0 radical (unpaired) electrons. The van der Waals surface area contributed by atoms with Crippen molar-refractivity contribution in [2.45, 2.75) is 44.8 Å². The van der Waals surface area contributed by atoms with Gasteiger partial charge < -0.3 is 4.90 Å². The van der Waals surface area contributed by atoms with E-state index in [1.165, 1.54) is 25.0 Å². The minimum Gasteiger partial charge on any atom is -0.369 e. The first kappa shape index (κ1) is 15.5. The van der Waals surface area contributed by atoms with Gasteiger partial charge in [-0.2, -0.15) is 13.2 Å². The van der Waals surface area contributed by atoms with E-state index in [-0.39, 0.29) is 17.5 Å². The lowest BCUT2D eigenvalue weighted by molar-refractivity contribution is -0.138. The van der Waals surface area contributed by atoms with Crippen LogP contribution in [0.4, 0.5) is 18.9 Å². The number of rotatable bonds is 5. The maximum absolute atomic E-state index is 13.1. The van der Waals surface area contributed by atoms with Crippen molar-refractivity contribution in [3.05, 3.63) is 29.3 Å². The van der Waals surface area contributed by atoms with Crippen molar-refractivity contribution in [2.24, 2.45) is 5.92 Å². The summed E-state index contributed by atoms with van der Waals surface area (Å²) in [5, 5.41) is 0. The lowest BCUT2D eigenvalue weighted by Crippen LogP contribution is -2.33. The molecule has 0 bridgehead atoms. The number of alkyl halides is 4. The summed E-state index contributed by atoms with van der Waals surface area (Å²) >= 11 is 5.61. The Bertz CT molecular complexity index is 467. The zero-order chi connectivity index (χ0) is 14.9. The van der Waals surface area contributed by atoms with Gasteiger partial charge in [0.15, 0.2) is 0 Å². The van der Waals surface area contributed by atoms with E-state index in [0.29, 0.717) is 11.6 Å². The molecule has 0 spiro atoms. The van der Waals surface area contributed by atoms with Crippen molar-refractivity contribution >= 4 is 17.3 Å². The molecule has 1 fully saturated rings. The van der Waals surface area contributed by atoms with Crippen molar-refractivity contribution in [3.63, 3.8) is 0 Å². The van der Waals surface area contributed by atoms with E-state index in [9.17, 15) is 13.2 Å². The topological polar surface area (TPSA) is 3.24 Å². The third-order valence-electron chi connectivity index (χ3n) is 3.65. The molecule has 0 saturated heterocycles. The van der Waals surface area contributed by atoms with Crippen LogP contribution in [0.5, 0.6) is 0 Å². The van der Waals surface area contributed by atoms with E-state index in [1.54, 1.807) is 6.07 Å². The summed E-state index contributed by atoms with van der Waals surface area (Å²) in [4.78, 5) is 2.05. The van der Waals surface area contributed by atoms with E-state index in [4.69, 9.17) is 11.6 Å². The molecule has 0 aromatic heterocycles. The van der Waals surface area contributed by atoms with E-state index in [0.717, 1.165) is 6.54 Å². The Morgan fingerprint density at radius 3 is 2.40 bits per heavy atom. The SMILES string of the molecule is CC(C)N(CC1CC1)c1ccc(CCl)c(C(F)(F)F)c1. The summed E-state index contributed by atoms with van der Waals surface area (Å²) in [5.41, 5.74) is 0.151. The average molecular weight is 306 g/mol. The molecule has 0 amide bonds. The number of halogens is 4. The number of nitrogens with zero attached hydrogens (tertiary/aromatic N) is 1. The molecule has 1 aliphatic carbocycles. The molecule has 0 unspecified atom stereocenters. The third-order valence-corrected chi connectivity index (χ3v) is 3.94. The van der Waals surface area contributed by atoms with Gasteiger partial charge in [-0.1, -0.05) is 6.07 Å². The molecule has 1 aromatic carbocycles. The van der Waals surface area contributed by atoms with Crippen molar-refractivity contribution in [2.75, 3.05) is 11.4 Å². The van der Waals surface area contributed by atoms with Crippen LogP contribution in [0.25, 0.3) is 0 Å². The summed E-state index contributed by atoms with van der Waals surface area (Å²) in [7, 11) is 0. The molecular weight excluding hydrogens is 287 g/mol. The molecule has 0 N–H and O–H groups in total. The first-order valence-corrected chi connectivity index (χ1v) is 7.39. The van der Waals surface area contributed by atoms with E-state index in [1.807, 2.05) is 18.7 Å². The fraction of sp³-hybridized carbons (Fsp3) is 0.600. The Morgan fingerprint density at radius 2 is 1.95 bits per heavy atom. The fourth-order valence-corrected chi connectivity index (χ4v) is 2.55. The van der Waals surface area contributed by atoms with E-state index >= 15 is 0 Å². The molecule has 1 aliphatic rings. The zero-order valence-electron chi connectivity index (χ0n) is 11.7. The summed E-state index contributed by atoms with van der Waals surface area (Å²) in [6.07, 6.45) is -2.01. The molecule has 1 aromatic rings. The first-order chi connectivity index (χ1) is 9.32. The Labute approximate surface area is 122 Å². The van der Waals surface area contributed by atoms with Crippen molar-refractivity contribution in [1.82, 2.24) is 0 Å². The highest BCUT2D eigenvalue weighted by atomic mass is 35.5. The second-order valence-electron chi connectivity index (χ2n) is 5.66. The predicted octanol–water partition coefficient (Wildman–Crippen LogP) is 5.07. The van der Waals surface area contributed by atoms with Crippen LogP contribution in [0.1, 0.15) is 37.8 Å². The van der Waals surface area contributed by atoms with Gasteiger partial charge in [0.2, 0.25) is 0 Å². The monoisotopic (exact) mass is 305 g/mol. The van der Waals surface area contributed by atoms with Crippen LogP contribution in [0.15, 0.2) is 18.2 Å². The lowest BCUT2D eigenvalue weighted by atomic mass is 10.1. The van der Waals surface area contributed by atoms with Gasteiger partial charge in [-0.05, 0) is 50.3 Å². The molecule has 112 valence electrons. The minimum absolute atomic E-state index is 0.126. The Balaban J connectivity index is 2.34. The zero-order valence-corrected chi connectivity index (χ0v) is 12.4. The fourth-order valence-electron chi connectivity index (χ4n) is 2.32. The summed E-state index contributed by atoms with van der Waals surface area (Å²) in [6, 6.07) is 4.65. The third kappa shape index (κ3) is 3.60. The summed E-state index contributed by atoms with van der Waals surface area (Å²) in [6.45, 7) is 4.84. The Morgan fingerprint density at radius 1 is 1.30 bits per heavy atom. The van der Waals surface area contributed by atoms with Gasteiger partial charge in [-0.3, -0.25) is 0 Å². The average Bonchev–Trinajstić information content (AvgIpc) is 3.17. The second kappa shape index (κ2) is 5.84. The smallest absolute Gasteiger partial charge is 0.369 e. The van der Waals surface area contributed by atoms with Crippen LogP contribution in [0.3, 0.4) is 0 Å². The summed E-state index contributed by atoms with van der Waals surface area (Å²) in [5.74, 6) is 0.499. The number of benzene rings is 1. The highest BCUT2D eigenvalue weighted by molar-refractivity contribution is 6.17. The molecule has 1 nitrogen and oxygen atoms in total. The van der Waals surface area contributed by atoms with Crippen molar-refractivity contribution in [1.29, 1.82) is 0 Å². The van der Waals surface area contributed by atoms with Crippen LogP contribution in [-0.4, -0.2) is 12.6 Å². The van der Waals surface area contributed by atoms with Crippen LogP contribution in [0, 0.1) is 5.92 Å². The van der Waals surface area contributed by atoms with Gasteiger partial charge in [-0.15, -0.1) is 11.6 Å². The van der Waals surface area contributed by atoms with Crippen molar-refractivity contribution < 1.29 is 13.2 Å². The first-order valence-electron chi connectivity index (χ1n) is 6.85. The van der Waals surface area contributed by atoms with Gasteiger partial charge in [-0.25, -0.2) is 0 Å². The highest BCUT2D eigenvalue weighted by Crippen LogP contribution is 2.37. The molecule has 0 aliphatic heterocycles. The summed E-state index contributed by atoms with van der Waals surface area (Å²) < 4.78 is 39.2. The van der Waals surface area contributed by atoms with Gasteiger partial charge in [0.05, 0.1) is 5.56 Å². The molecule has 2 rings (SSSR count). The van der Waals surface area contributed by atoms with Crippen LogP contribution in [0.2, 0.25) is 0 Å². The maximum atomic E-state index is 13.1. The molecule has 0 heterocycles. The molecule has 1 saturated carbocycles. The van der Waals surface area contributed by atoms with E-state index < -0.39 is 11.7 Å². The van der Waals surface area contributed by atoms with Gasteiger partial charge in [0.25, 0.3) is 0 Å². The van der Waals surface area contributed by atoms with Gasteiger partial charge in [0.1, 0.15) is 0 Å². The second-order valence-corrected chi connectivity index (χ2v) is 5.93. The number of anilines is 1. The highest BCUT2D eigenvalue weighted by Gasteiger charge is 2.34. The van der Waals surface area contributed by atoms with Gasteiger partial charge >= 0.3 is 6.18 Å². The molecule has 0 atom stereocenters. The Kier molecular flexibility index (Phi) is 4.52. The largest absolute Gasteiger partial charge is 0.416 e. The lowest BCUT2D eigenvalue weighted by Gasteiger charge is -2.30. The quantitative estimate of drug-likeness (QED) is 0.687. The normalized spacial score (nSPS) is 15.8. The van der Waals surface area contributed by atoms with Crippen LogP contribution < -0.4 is 4.90 Å². The van der Waals surface area contributed by atoms with Crippen LogP contribution in [-0.2, 0) is 12.1 Å². The standard InChI is InChI=1S/C15H19ClF3N/c1-10(2)20(9-11-3-4-11)13-6-5-12(8-16)14(7-13)15(17,18)19/h5-7,10-11H,3-4,8-9H2,1-2H3. The van der Waals surface area contributed by atoms with Crippen LogP contribution >= 0.6 is 11.6 Å². The predicted molar refractivity (Wildman–Crippen MR) is 76.2 cm³/mol. The van der Waals surface area contributed by atoms with Gasteiger partial charge in [0, 0.05) is 24.2 Å². The number of hydrogen-bond donors (Lipinski definition) is 0.